The van der Waals surface area contributed by atoms with Crippen LogP contribution in [0.3, 0.4) is 0 Å². The number of hydrogen-bond donors (Lipinski definition) is 1. The van der Waals surface area contributed by atoms with Crippen molar-refractivity contribution in [2.75, 3.05) is 19.0 Å². The highest BCUT2D eigenvalue weighted by Crippen LogP contribution is 2.32. The third-order valence-electron chi connectivity index (χ3n) is 3.17. The quantitative estimate of drug-likeness (QED) is 0.791. The van der Waals surface area contributed by atoms with E-state index in [0.717, 1.165) is 27.3 Å². The fraction of sp³-hybridized carbons (Fsp3) is 0.538. The maximum Gasteiger partial charge on any atom is 0.103 e. The molecule has 0 amide bonds. The first-order valence-corrected chi connectivity index (χ1v) is 7.47. The Labute approximate surface area is 126 Å². The van der Waals surface area contributed by atoms with Gasteiger partial charge in [0.05, 0.1) is 22.9 Å². The van der Waals surface area contributed by atoms with Crippen LogP contribution in [0, 0.1) is 3.57 Å². The number of nitrogens with one attached hydrogen (secondary N) is 1. The van der Waals surface area contributed by atoms with Gasteiger partial charge in [-0.1, -0.05) is 11.6 Å². The summed E-state index contributed by atoms with van der Waals surface area (Å²) in [4.78, 5) is 0. The van der Waals surface area contributed by atoms with Crippen molar-refractivity contribution in [1.82, 2.24) is 0 Å². The number of rotatable bonds is 5. The maximum atomic E-state index is 6.20. The molecule has 100 valence electrons. The highest BCUT2D eigenvalue weighted by Gasteiger charge is 2.42. The van der Waals surface area contributed by atoms with Crippen LogP contribution >= 0.6 is 34.2 Å². The molecule has 0 heterocycles. The van der Waals surface area contributed by atoms with Crippen LogP contribution in [-0.4, -0.2) is 32.0 Å². The first-order chi connectivity index (χ1) is 8.65. The Hall–Kier alpha value is -0.0400. The van der Waals surface area contributed by atoms with Crippen LogP contribution in [0.2, 0.25) is 5.02 Å². The molecule has 1 saturated carbocycles. The van der Waals surface area contributed by atoms with Gasteiger partial charge < -0.3 is 14.8 Å². The summed E-state index contributed by atoms with van der Waals surface area (Å²) in [5.41, 5.74) is 0.957. The number of methoxy groups -OCH3 is 1. The van der Waals surface area contributed by atoms with E-state index < -0.39 is 0 Å². The summed E-state index contributed by atoms with van der Waals surface area (Å²) in [6, 6.07) is 6.26. The summed E-state index contributed by atoms with van der Waals surface area (Å²) >= 11 is 8.45. The Balaban J connectivity index is 1.98. The summed E-state index contributed by atoms with van der Waals surface area (Å²) in [5, 5.41) is 4.17. The normalized spacial score (nSPS) is 26.8. The van der Waals surface area contributed by atoms with Crippen molar-refractivity contribution in [1.29, 1.82) is 0 Å². The van der Waals surface area contributed by atoms with E-state index in [-0.39, 0.29) is 18.2 Å². The number of benzene rings is 1. The van der Waals surface area contributed by atoms with Crippen molar-refractivity contribution in [3.8, 4) is 0 Å². The van der Waals surface area contributed by atoms with Gasteiger partial charge in [0.25, 0.3) is 0 Å². The molecular weight excluding hydrogens is 365 g/mol. The second kappa shape index (κ2) is 6.41. The van der Waals surface area contributed by atoms with E-state index in [0.29, 0.717) is 0 Å². The molecule has 0 spiro atoms. The van der Waals surface area contributed by atoms with Gasteiger partial charge in [0.15, 0.2) is 0 Å². The molecule has 0 bridgehead atoms. The molecule has 1 aliphatic rings. The summed E-state index contributed by atoms with van der Waals surface area (Å²) < 4.78 is 12.2. The minimum Gasteiger partial charge on any atom is -0.378 e. The van der Waals surface area contributed by atoms with Crippen molar-refractivity contribution in [2.45, 2.75) is 31.6 Å². The van der Waals surface area contributed by atoms with Gasteiger partial charge in [-0.15, -0.1) is 0 Å². The zero-order valence-electron chi connectivity index (χ0n) is 10.5. The lowest BCUT2D eigenvalue weighted by Gasteiger charge is -2.43. The standard InChI is InChI=1S/C13H17ClINO2/c1-3-18-12-7-11(13(12)17-2)16-10-5-4-8(15)6-9(10)14/h4-6,11-13,16H,3,7H2,1-2H3. The van der Waals surface area contributed by atoms with E-state index in [1.165, 1.54) is 0 Å². The molecule has 3 unspecified atom stereocenters. The first-order valence-electron chi connectivity index (χ1n) is 6.01. The fourth-order valence-electron chi connectivity index (χ4n) is 2.22. The van der Waals surface area contributed by atoms with Crippen molar-refractivity contribution in [3.63, 3.8) is 0 Å². The third kappa shape index (κ3) is 3.10. The summed E-state index contributed by atoms with van der Waals surface area (Å²) in [7, 11) is 1.72. The van der Waals surface area contributed by atoms with Gasteiger partial charge in [0.2, 0.25) is 0 Å². The minimum atomic E-state index is 0.0975. The molecule has 1 aromatic rings. The van der Waals surface area contributed by atoms with Gasteiger partial charge >= 0.3 is 0 Å². The Bertz CT molecular complexity index is 416. The first kappa shape index (κ1) is 14.4. The zero-order chi connectivity index (χ0) is 13.1. The third-order valence-corrected chi connectivity index (χ3v) is 4.16. The molecule has 18 heavy (non-hydrogen) atoms. The minimum absolute atomic E-state index is 0.0975. The number of ether oxygens (including phenoxy) is 2. The second-order valence-corrected chi connectivity index (χ2v) is 5.96. The maximum absolute atomic E-state index is 6.20. The Kier molecular flexibility index (Phi) is 5.12. The van der Waals surface area contributed by atoms with Gasteiger partial charge in [0, 0.05) is 17.3 Å². The number of halogens is 2. The molecule has 0 radical (unpaired) electrons. The van der Waals surface area contributed by atoms with Crippen LogP contribution < -0.4 is 5.32 Å². The lowest BCUT2D eigenvalue weighted by Crippen LogP contribution is -2.56. The Morgan fingerprint density at radius 1 is 1.50 bits per heavy atom. The van der Waals surface area contributed by atoms with Gasteiger partial charge in [-0.3, -0.25) is 0 Å². The molecule has 0 aromatic heterocycles. The van der Waals surface area contributed by atoms with Crippen LogP contribution in [0.25, 0.3) is 0 Å². The topological polar surface area (TPSA) is 30.5 Å². The van der Waals surface area contributed by atoms with E-state index in [4.69, 9.17) is 21.1 Å². The van der Waals surface area contributed by atoms with Crippen molar-refractivity contribution >= 4 is 39.9 Å². The number of anilines is 1. The van der Waals surface area contributed by atoms with E-state index in [1.807, 2.05) is 25.1 Å². The second-order valence-electron chi connectivity index (χ2n) is 4.30. The lowest BCUT2D eigenvalue weighted by atomic mass is 9.85. The monoisotopic (exact) mass is 381 g/mol. The van der Waals surface area contributed by atoms with Gasteiger partial charge in [-0.2, -0.15) is 0 Å². The van der Waals surface area contributed by atoms with Gasteiger partial charge in [0.1, 0.15) is 6.10 Å². The summed E-state index contributed by atoms with van der Waals surface area (Å²) in [6.45, 7) is 2.73. The van der Waals surface area contributed by atoms with Crippen molar-refractivity contribution in [2.24, 2.45) is 0 Å². The Morgan fingerprint density at radius 3 is 2.89 bits per heavy atom. The molecule has 3 atom stereocenters. The van der Waals surface area contributed by atoms with Crippen LogP contribution in [0.4, 0.5) is 5.69 Å². The summed E-state index contributed by atoms with van der Waals surface area (Å²) in [6.07, 6.45) is 1.25. The Morgan fingerprint density at radius 2 is 2.28 bits per heavy atom. The average Bonchev–Trinajstić information content (AvgIpc) is 2.31. The van der Waals surface area contributed by atoms with E-state index in [2.05, 4.69) is 27.9 Å². The van der Waals surface area contributed by atoms with Crippen molar-refractivity contribution < 1.29 is 9.47 Å². The summed E-state index contributed by atoms with van der Waals surface area (Å²) in [5.74, 6) is 0. The fourth-order valence-corrected chi connectivity index (χ4v) is 3.13. The molecule has 1 N–H and O–H groups in total. The van der Waals surface area contributed by atoms with Gasteiger partial charge in [-0.05, 0) is 54.1 Å². The predicted octanol–water partition coefficient (Wildman–Crippen LogP) is 3.55. The molecule has 0 saturated heterocycles. The zero-order valence-corrected chi connectivity index (χ0v) is 13.4. The van der Waals surface area contributed by atoms with Crippen LogP contribution in [0.15, 0.2) is 18.2 Å². The SMILES string of the molecule is CCOC1CC(Nc2ccc(I)cc2Cl)C1OC. The van der Waals surface area contributed by atoms with E-state index in [1.54, 1.807) is 7.11 Å². The lowest BCUT2D eigenvalue weighted by molar-refractivity contribution is -0.118. The molecule has 5 heteroatoms. The van der Waals surface area contributed by atoms with Crippen LogP contribution in [-0.2, 0) is 9.47 Å². The largest absolute Gasteiger partial charge is 0.378 e. The smallest absolute Gasteiger partial charge is 0.103 e. The molecule has 0 aliphatic heterocycles. The van der Waals surface area contributed by atoms with E-state index in [9.17, 15) is 0 Å². The van der Waals surface area contributed by atoms with Crippen molar-refractivity contribution in [3.05, 3.63) is 26.8 Å². The average molecular weight is 382 g/mol. The highest BCUT2D eigenvalue weighted by atomic mass is 127. The van der Waals surface area contributed by atoms with Crippen LogP contribution in [0.1, 0.15) is 13.3 Å². The van der Waals surface area contributed by atoms with E-state index >= 15 is 0 Å². The highest BCUT2D eigenvalue weighted by molar-refractivity contribution is 14.1. The molecule has 2 rings (SSSR count). The molecule has 1 fully saturated rings. The molecule has 1 aliphatic carbocycles. The van der Waals surface area contributed by atoms with Gasteiger partial charge in [-0.25, -0.2) is 0 Å². The predicted molar refractivity (Wildman–Crippen MR) is 82.4 cm³/mol. The molecule has 1 aromatic carbocycles. The molecular formula is C13H17ClINO2. The van der Waals surface area contributed by atoms with Crippen LogP contribution in [0.5, 0.6) is 0 Å². The number of hydrogen-bond acceptors (Lipinski definition) is 3. The molecule has 3 nitrogen and oxygen atoms in total.